The third kappa shape index (κ3) is 6.90. The monoisotopic (exact) mass is 562 g/mol. The summed E-state index contributed by atoms with van der Waals surface area (Å²) in [5, 5.41) is 3.06. The summed E-state index contributed by atoms with van der Waals surface area (Å²) in [4.78, 5) is 46.6. The van der Waals surface area contributed by atoms with Gasteiger partial charge in [-0.05, 0) is 49.2 Å². The Hall–Kier alpha value is -5.13. The molecule has 0 saturated carbocycles. The summed E-state index contributed by atoms with van der Waals surface area (Å²) in [6.07, 6.45) is 4.00. The van der Waals surface area contributed by atoms with Gasteiger partial charge in [0.05, 0.1) is 19.9 Å². The Morgan fingerprint density at radius 2 is 1.90 bits per heavy atom. The van der Waals surface area contributed by atoms with Crippen LogP contribution >= 0.6 is 0 Å². The maximum Gasteiger partial charge on any atom is 0.255 e. The Morgan fingerprint density at radius 3 is 2.56 bits per heavy atom. The van der Waals surface area contributed by atoms with Crippen LogP contribution < -0.4 is 35.9 Å². The third-order valence-corrected chi connectivity index (χ3v) is 6.43. The summed E-state index contributed by atoms with van der Waals surface area (Å²) in [6, 6.07) is 9.91. The van der Waals surface area contributed by atoms with Gasteiger partial charge in [0.15, 0.2) is 5.78 Å². The first kappa shape index (κ1) is 30.4. The Kier molecular flexibility index (Phi) is 9.86. The van der Waals surface area contributed by atoms with Gasteiger partial charge in [0, 0.05) is 36.5 Å². The molecule has 4 rings (SSSR count). The first-order valence-electron chi connectivity index (χ1n) is 12.4. The number of allylic oxidation sites excluding steroid dienone is 1. The molecule has 2 heterocycles. The fraction of sp³-hybridized carbons (Fsp3) is 0.276. The highest BCUT2D eigenvalue weighted by Crippen LogP contribution is 2.35. The summed E-state index contributed by atoms with van der Waals surface area (Å²) in [6.45, 7) is 4.21. The molecule has 0 spiro atoms. The summed E-state index contributed by atoms with van der Waals surface area (Å²) in [5.74, 6) is -0.147. The van der Waals surface area contributed by atoms with Crippen molar-refractivity contribution in [3.63, 3.8) is 0 Å². The van der Waals surface area contributed by atoms with E-state index >= 15 is 0 Å². The maximum absolute atomic E-state index is 12.1. The molecule has 1 aromatic heterocycles. The number of methoxy groups -OCH3 is 2. The van der Waals surface area contributed by atoms with E-state index in [1.54, 1.807) is 30.3 Å². The first-order chi connectivity index (χ1) is 19.2. The molecule has 12 nitrogen and oxygen atoms in total. The molecular formula is C29H34N6O6. The fourth-order valence-corrected chi connectivity index (χ4v) is 4.41. The van der Waals surface area contributed by atoms with Crippen LogP contribution in [0.2, 0.25) is 0 Å². The normalized spacial score (nSPS) is 14.0. The number of rotatable bonds is 12. The maximum atomic E-state index is 12.1. The molecule has 1 atom stereocenters. The zero-order chi connectivity index (χ0) is 28.8. The van der Waals surface area contributed by atoms with Crippen molar-refractivity contribution in [2.75, 3.05) is 31.0 Å². The highest BCUT2D eigenvalue weighted by molar-refractivity contribution is 5.95. The van der Waals surface area contributed by atoms with Crippen LogP contribution in [0, 0.1) is 0 Å². The predicted octanol–water partition coefficient (Wildman–Crippen LogP) is 3.52. The molecule has 1 aliphatic rings. The van der Waals surface area contributed by atoms with Crippen molar-refractivity contribution in [2.45, 2.75) is 32.7 Å². The van der Waals surface area contributed by atoms with Gasteiger partial charge in [0.2, 0.25) is 17.7 Å². The lowest BCUT2D eigenvalue weighted by Crippen LogP contribution is -2.40. The van der Waals surface area contributed by atoms with Crippen molar-refractivity contribution < 1.29 is 28.6 Å². The number of nitrogens with two attached hydrogens (primary N) is 2. The molecule has 1 saturated heterocycles. The number of nitrogens with one attached hydrogen (secondary N) is 1. The van der Waals surface area contributed by atoms with E-state index in [-0.39, 0.29) is 54.7 Å². The lowest BCUT2D eigenvalue weighted by Gasteiger charge is -2.25. The average Bonchev–Trinajstić information content (AvgIpc) is 3.44. The summed E-state index contributed by atoms with van der Waals surface area (Å²) < 4.78 is 16.8. The van der Waals surface area contributed by atoms with E-state index in [1.165, 1.54) is 26.5 Å². The minimum Gasteiger partial charge on any atom is -0.497 e. The van der Waals surface area contributed by atoms with Crippen LogP contribution in [0.3, 0.4) is 0 Å². The van der Waals surface area contributed by atoms with Crippen LogP contribution in [-0.2, 0) is 16.0 Å². The second-order valence-electron chi connectivity index (χ2n) is 8.96. The molecule has 12 heteroatoms. The van der Waals surface area contributed by atoms with Gasteiger partial charge in [-0.1, -0.05) is 14.0 Å². The number of carbonyl (C=O) groups is 3. The second-order valence-corrected chi connectivity index (χ2v) is 8.96. The number of ether oxygens (including phenoxy) is 3. The highest BCUT2D eigenvalue weighted by atomic mass is 16.5. The fourth-order valence-electron chi connectivity index (χ4n) is 4.41. The van der Waals surface area contributed by atoms with Crippen LogP contribution in [-0.4, -0.2) is 54.4 Å². The summed E-state index contributed by atoms with van der Waals surface area (Å²) in [5.41, 5.74) is 12.9. The smallest absolute Gasteiger partial charge is 0.255 e. The second kappa shape index (κ2) is 13.3. The number of hydrogen-bond acceptors (Lipinski definition) is 10. The quantitative estimate of drug-likeness (QED) is 0.277. The lowest BCUT2D eigenvalue weighted by atomic mass is 10.1. The molecular weight excluding hydrogens is 528 g/mol. The molecule has 0 bridgehead atoms. The van der Waals surface area contributed by atoms with Gasteiger partial charge in [0.1, 0.15) is 28.9 Å². The van der Waals surface area contributed by atoms with E-state index < -0.39 is 5.91 Å². The minimum absolute atomic E-state index is 0. The molecule has 1 fully saturated rings. The SMILES string of the molecule is C.C=CC(=O)Cc1cc(OC)ccc1Oc1nc(Nc2ccc(N3CCC[C@H]3C(N)=O)cc2OC)ncc1C(N)=O. The third-order valence-electron chi connectivity index (χ3n) is 6.43. The number of nitrogens with zero attached hydrogens (tertiary/aromatic N) is 3. The van der Waals surface area contributed by atoms with Gasteiger partial charge in [-0.15, -0.1) is 0 Å². The van der Waals surface area contributed by atoms with Crippen LogP contribution in [0.15, 0.2) is 55.3 Å². The predicted molar refractivity (Wildman–Crippen MR) is 155 cm³/mol. The van der Waals surface area contributed by atoms with Crippen LogP contribution in [0.4, 0.5) is 17.3 Å². The molecule has 0 aliphatic carbocycles. The zero-order valence-corrected chi connectivity index (χ0v) is 22.2. The van der Waals surface area contributed by atoms with Crippen molar-refractivity contribution in [2.24, 2.45) is 11.5 Å². The number of amides is 2. The number of hydrogen-bond donors (Lipinski definition) is 3. The van der Waals surface area contributed by atoms with Crippen molar-refractivity contribution in [1.29, 1.82) is 0 Å². The molecule has 3 aromatic rings. The van der Waals surface area contributed by atoms with E-state index in [1.807, 2.05) is 11.0 Å². The highest BCUT2D eigenvalue weighted by Gasteiger charge is 2.29. The number of benzene rings is 2. The van der Waals surface area contributed by atoms with E-state index in [9.17, 15) is 14.4 Å². The summed E-state index contributed by atoms with van der Waals surface area (Å²) >= 11 is 0. The molecule has 41 heavy (non-hydrogen) atoms. The molecule has 216 valence electrons. The van der Waals surface area contributed by atoms with Gasteiger partial charge in [0.25, 0.3) is 5.91 Å². The van der Waals surface area contributed by atoms with Gasteiger partial charge in [-0.25, -0.2) is 4.98 Å². The standard InChI is InChI=1S/C28H30N6O6.CH4/c1-4-18(35)12-16-13-19(38-2)8-10-23(16)40-27-20(25(29)36)15-31-28(33-27)32-21-9-7-17(14-24(21)39-3)34-11-5-6-22(34)26(30)37;/h4,7-10,13-15,22H,1,5-6,11-12H2,2-3H3,(H2,29,36)(H2,30,37)(H,31,32,33);1H4/t22-;/m0./s1. The van der Waals surface area contributed by atoms with Crippen molar-refractivity contribution in [1.82, 2.24) is 9.97 Å². The van der Waals surface area contributed by atoms with Crippen molar-refractivity contribution in [3.05, 3.63) is 66.4 Å². The lowest BCUT2D eigenvalue weighted by molar-refractivity contribution is -0.119. The van der Waals surface area contributed by atoms with Gasteiger partial charge in [-0.2, -0.15) is 4.98 Å². The van der Waals surface area contributed by atoms with Crippen molar-refractivity contribution in [3.8, 4) is 23.1 Å². The molecule has 2 aromatic carbocycles. The van der Waals surface area contributed by atoms with Crippen LogP contribution in [0.25, 0.3) is 0 Å². The molecule has 0 radical (unpaired) electrons. The number of ketones is 1. The molecule has 5 N–H and O–H groups in total. The van der Waals surface area contributed by atoms with Gasteiger partial charge >= 0.3 is 0 Å². The van der Waals surface area contributed by atoms with Crippen molar-refractivity contribution >= 4 is 34.9 Å². The number of primary amides is 2. The Bertz CT molecular complexity index is 1460. The topological polar surface area (TPSA) is 172 Å². The van der Waals surface area contributed by atoms with E-state index in [2.05, 4.69) is 21.9 Å². The Labute approximate surface area is 238 Å². The first-order valence-corrected chi connectivity index (χ1v) is 12.4. The Morgan fingerprint density at radius 1 is 1.12 bits per heavy atom. The summed E-state index contributed by atoms with van der Waals surface area (Å²) in [7, 11) is 3.02. The largest absolute Gasteiger partial charge is 0.497 e. The molecule has 1 aliphatic heterocycles. The molecule has 2 amide bonds. The number of aromatic nitrogens is 2. The van der Waals surface area contributed by atoms with E-state index in [4.69, 9.17) is 25.7 Å². The van der Waals surface area contributed by atoms with Gasteiger partial charge < -0.3 is 35.9 Å². The van der Waals surface area contributed by atoms with Gasteiger partial charge in [-0.3, -0.25) is 14.4 Å². The van der Waals surface area contributed by atoms with E-state index in [0.717, 1.165) is 12.1 Å². The van der Waals surface area contributed by atoms with E-state index in [0.29, 0.717) is 35.7 Å². The number of carbonyl (C=O) groups excluding carboxylic acids is 3. The number of anilines is 3. The average molecular weight is 563 g/mol. The Balaban J connectivity index is 0.00000462. The molecule has 0 unspecified atom stereocenters. The zero-order valence-electron chi connectivity index (χ0n) is 22.2. The van der Waals surface area contributed by atoms with Crippen LogP contribution in [0.1, 0.15) is 36.2 Å². The van der Waals surface area contributed by atoms with Crippen LogP contribution in [0.5, 0.6) is 23.1 Å². The minimum atomic E-state index is -0.796.